The van der Waals surface area contributed by atoms with E-state index in [1.54, 1.807) is 65.5 Å². The third-order valence-electron chi connectivity index (χ3n) is 9.21. The van der Waals surface area contributed by atoms with Crippen LogP contribution in [-0.4, -0.2) is 86.6 Å². The number of esters is 1. The van der Waals surface area contributed by atoms with Crippen LogP contribution in [0.2, 0.25) is 5.02 Å². The Morgan fingerprint density at radius 3 is 2.55 bits per heavy atom. The number of alkyl halides is 1. The molecule has 2 saturated heterocycles. The van der Waals surface area contributed by atoms with Crippen molar-refractivity contribution in [3.8, 4) is 5.88 Å². The van der Waals surface area contributed by atoms with Crippen LogP contribution in [0.3, 0.4) is 0 Å². The van der Waals surface area contributed by atoms with Gasteiger partial charge in [-0.15, -0.1) is 0 Å². The molecule has 12 nitrogen and oxygen atoms in total. The molecule has 2 fully saturated rings. The highest BCUT2D eigenvalue weighted by Crippen LogP contribution is 2.46. The number of piperidine rings is 1. The average Bonchev–Trinajstić information content (AvgIpc) is 3.67. The third kappa shape index (κ3) is 8.36. The molecule has 4 aromatic rings. The number of rotatable bonds is 8. The number of benzene rings is 1. The number of aromatic nitrogens is 3. The minimum atomic E-state index is -1.93. The number of hydrogen-bond acceptors (Lipinski definition) is 11. The van der Waals surface area contributed by atoms with Gasteiger partial charge >= 0.3 is 12.1 Å². The van der Waals surface area contributed by atoms with Crippen LogP contribution in [0.5, 0.6) is 5.88 Å². The number of likely N-dealkylation sites (tertiary alicyclic amines) is 1. The van der Waals surface area contributed by atoms with E-state index in [1.165, 1.54) is 17.2 Å². The van der Waals surface area contributed by atoms with Crippen molar-refractivity contribution in [2.75, 3.05) is 31.1 Å². The predicted octanol–water partition coefficient (Wildman–Crippen LogP) is 7.63. The summed E-state index contributed by atoms with van der Waals surface area (Å²) in [5, 5.41) is 10.4. The number of amides is 1. The molecule has 1 amide bonds. The number of aliphatic hydroxyl groups is 1. The first-order valence-corrected chi connectivity index (χ1v) is 18.3. The minimum Gasteiger partial charge on any atom is -0.472 e. The van der Waals surface area contributed by atoms with E-state index in [-0.39, 0.29) is 55.5 Å². The summed E-state index contributed by atoms with van der Waals surface area (Å²) in [6.07, 6.45) is 4.27. The van der Waals surface area contributed by atoms with Crippen LogP contribution >= 0.6 is 11.6 Å². The Kier molecular flexibility index (Phi) is 10.6. The second kappa shape index (κ2) is 14.7. The fourth-order valence-corrected chi connectivity index (χ4v) is 6.97. The Balaban J connectivity index is 1.35. The molecule has 3 aromatic heterocycles. The maximum atomic E-state index is 17.3. The Labute approximate surface area is 313 Å². The number of carbonyl (C=O) groups excluding carboxylic acids is 2. The third-order valence-corrected chi connectivity index (χ3v) is 9.42. The van der Waals surface area contributed by atoms with E-state index in [4.69, 9.17) is 40.2 Å². The smallest absolute Gasteiger partial charge is 0.410 e. The highest BCUT2D eigenvalue weighted by Gasteiger charge is 2.48. The number of fused-ring (bicyclic) bond motifs is 3. The molecule has 1 N–H and O–H groups in total. The van der Waals surface area contributed by atoms with Crippen molar-refractivity contribution in [3.05, 3.63) is 59.0 Å². The maximum Gasteiger partial charge on any atom is 0.410 e. The van der Waals surface area contributed by atoms with Gasteiger partial charge in [0, 0.05) is 50.0 Å². The Bertz CT molecular complexity index is 2020. The number of furan rings is 1. The Morgan fingerprint density at radius 1 is 1.11 bits per heavy atom. The topological polar surface area (TPSA) is 140 Å². The molecular weight excluding hydrogens is 705 g/mol. The molecule has 284 valence electrons. The lowest BCUT2D eigenvalue weighted by Gasteiger charge is -2.42. The van der Waals surface area contributed by atoms with Crippen molar-refractivity contribution in [2.45, 2.75) is 96.7 Å². The zero-order chi connectivity index (χ0) is 38.3. The zero-order valence-corrected chi connectivity index (χ0v) is 31.9. The fraction of sp³-hybridized carbons (Fsp3) is 0.513. The van der Waals surface area contributed by atoms with Crippen LogP contribution in [0.1, 0.15) is 79.1 Å². The van der Waals surface area contributed by atoms with Crippen LogP contribution in [0, 0.1) is 5.92 Å². The lowest BCUT2D eigenvalue weighted by molar-refractivity contribution is -0.156. The van der Waals surface area contributed by atoms with Crippen molar-refractivity contribution < 1.29 is 37.7 Å². The summed E-state index contributed by atoms with van der Waals surface area (Å²) in [6.45, 7) is 12.8. The first kappa shape index (κ1) is 38.2. The SMILES string of the molecule is C[C@H]1CN(C(=O)OC(C)(C)C)CC[C@]1(F)c1cc(Cl)cnc1O[C@H]1C[C@@H](C(=O)OC(C)(C)C)N(c2nc(C=CCCO)nc3c2oc2ccccc23)C1. The van der Waals surface area contributed by atoms with Gasteiger partial charge in [-0.3, -0.25) is 0 Å². The Morgan fingerprint density at radius 2 is 1.85 bits per heavy atom. The second-order valence-corrected chi connectivity index (χ2v) is 16.2. The van der Waals surface area contributed by atoms with E-state index in [1.807, 2.05) is 24.3 Å². The van der Waals surface area contributed by atoms with Gasteiger partial charge in [0.2, 0.25) is 5.88 Å². The average molecular weight is 752 g/mol. The first-order valence-electron chi connectivity index (χ1n) is 17.9. The molecule has 6 rings (SSSR count). The molecule has 0 unspecified atom stereocenters. The molecule has 0 spiro atoms. The van der Waals surface area contributed by atoms with Crippen molar-refractivity contribution in [1.82, 2.24) is 19.9 Å². The largest absolute Gasteiger partial charge is 0.472 e. The van der Waals surface area contributed by atoms with Crippen molar-refractivity contribution in [3.63, 3.8) is 0 Å². The van der Waals surface area contributed by atoms with Crippen molar-refractivity contribution in [1.29, 1.82) is 0 Å². The van der Waals surface area contributed by atoms with E-state index >= 15 is 4.39 Å². The molecule has 2 aliphatic heterocycles. The van der Waals surface area contributed by atoms with Crippen molar-refractivity contribution in [2.24, 2.45) is 5.92 Å². The number of anilines is 1. The predicted molar refractivity (Wildman–Crippen MR) is 200 cm³/mol. The van der Waals surface area contributed by atoms with Gasteiger partial charge in [0.1, 0.15) is 40.1 Å². The second-order valence-electron chi connectivity index (χ2n) is 15.7. The standard InChI is InChI=1S/C39H47ClFN5O7/c1-23-21-45(36(49)53-38(5,6)7)16-15-39(23,41)27-18-24(40)20-42-34(27)50-25-19-28(35(48)52-37(2,3)4)46(22-25)33-32-31(26-12-8-9-13-29(26)51-32)43-30(44-33)14-10-11-17-47/h8-10,12-14,18,20,23,25,28,47H,11,15-17,19,21-22H2,1-7H3/t23-,25-,28-,39+/m0/s1. The van der Waals surface area contributed by atoms with Gasteiger partial charge in [-0.1, -0.05) is 36.7 Å². The summed E-state index contributed by atoms with van der Waals surface area (Å²) in [5.41, 5.74) is -1.67. The van der Waals surface area contributed by atoms with Gasteiger partial charge < -0.3 is 33.5 Å². The van der Waals surface area contributed by atoms with Gasteiger partial charge in [-0.05, 0) is 72.2 Å². The summed E-state index contributed by atoms with van der Waals surface area (Å²) in [4.78, 5) is 44.1. The Hall–Kier alpha value is -4.49. The summed E-state index contributed by atoms with van der Waals surface area (Å²) < 4.78 is 41.6. The molecule has 0 aliphatic carbocycles. The normalized spacial score (nSPS) is 22.6. The van der Waals surface area contributed by atoms with Crippen LogP contribution < -0.4 is 9.64 Å². The molecule has 2 aliphatic rings. The number of ether oxygens (including phenoxy) is 3. The molecule has 4 atom stereocenters. The van der Waals surface area contributed by atoms with Gasteiger partial charge in [-0.25, -0.2) is 28.9 Å². The fourth-order valence-electron chi connectivity index (χ4n) is 6.82. The quantitative estimate of drug-likeness (QED) is 0.178. The molecule has 0 bridgehead atoms. The van der Waals surface area contributed by atoms with E-state index in [9.17, 15) is 14.7 Å². The summed E-state index contributed by atoms with van der Waals surface area (Å²) >= 11 is 6.41. The van der Waals surface area contributed by atoms with E-state index in [2.05, 4.69) is 4.98 Å². The summed E-state index contributed by atoms with van der Waals surface area (Å²) in [5.74, 6) is -0.355. The lowest BCUT2D eigenvalue weighted by Crippen LogP contribution is -2.50. The number of pyridine rings is 1. The summed E-state index contributed by atoms with van der Waals surface area (Å²) in [7, 11) is 0. The van der Waals surface area contributed by atoms with Crippen LogP contribution in [0.4, 0.5) is 15.0 Å². The lowest BCUT2D eigenvalue weighted by atomic mass is 9.79. The molecular formula is C39H47ClFN5O7. The van der Waals surface area contributed by atoms with E-state index in [0.717, 1.165) is 5.39 Å². The number of para-hydroxylation sites is 1. The molecule has 14 heteroatoms. The highest BCUT2D eigenvalue weighted by atomic mass is 35.5. The number of halogens is 2. The van der Waals surface area contributed by atoms with Crippen molar-refractivity contribution >= 4 is 57.6 Å². The number of aliphatic hydroxyl groups excluding tert-OH is 1. The summed E-state index contributed by atoms with van der Waals surface area (Å²) in [6, 6.07) is 8.16. The molecule has 53 heavy (non-hydrogen) atoms. The first-order chi connectivity index (χ1) is 25.0. The van der Waals surface area contributed by atoms with Crippen LogP contribution in [0.15, 0.2) is 47.0 Å². The van der Waals surface area contributed by atoms with E-state index < -0.39 is 47.0 Å². The highest BCUT2D eigenvalue weighted by molar-refractivity contribution is 6.30. The molecule has 5 heterocycles. The van der Waals surface area contributed by atoms with Crippen LogP contribution in [0.25, 0.3) is 28.1 Å². The molecule has 0 saturated carbocycles. The molecule has 1 aromatic carbocycles. The number of carbonyl (C=O) groups is 2. The van der Waals surface area contributed by atoms with Crippen LogP contribution in [-0.2, 0) is 19.9 Å². The minimum absolute atomic E-state index is 0.0271. The van der Waals surface area contributed by atoms with Gasteiger partial charge in [0.05, 0.1) is 17.1 Å². The van der Waals surface area contributed by atoms with Gasteiger partial charge in [0.25, 0.3) is 0 Å². The van der Waals surface area contributed by atoms with E-state index in [0.29, 0.717) is 34.7 Å². The van der Waals surface area contributed by atoms with Gasteiger partial charge in [0.15, 0.2) is 17.2 Å². The number of nitrogens with zero attached hydrogens (tertiary/aromatic N) is 5. The molecule has 0 radical (unpaired) electrons. The maximum absolute atomic E-state index is 17.3. The monoisotopic (exact) mass is 751 g/mol. The zero-order valence-electron chi connectivity index (χ0n) is 31.2. The number of hydrogen-bond donors (Lipinski definition) is 1. The van der Waals surface area contributed by atoms with Gasteiger partial charge in [-0.2, -0.15) is 0 Å².